The maximum absolute atomic E-state index is 4.51. The van der Waals surface area contributed by atoms with Crippen LogP contribution >= 0.6 is 0 Å². The highest BCUT2D eigenvalue weighted by molar-refractivity contribution is 5.70. The lowest BCUT2D eigenvalue weighted by atomic mass is 10.0. The van der Waals surface area contributed by atoms with Gasteiger partial charge in [0.1, 0.15) is 0 Å². The zero-order valence-corrected chi connectivity index (χ0v) is 9.55. The summed E-state index contributed by atoms with van der Waals surface area (Å²) in [6.07, 6.45) is 6.46. The zero-order chi connectivity index (χ0) is 11.2. The van der Waals surface area contributed by atoms with Crippen LogP contribution in [0.4, 0.5) is 0 Å². The number of nitrogens with zero attached hydrogens (tertiary/aromatic N) is 2. The van der Waals surface area contributed by atoms with Crippen LogP contribution in [0.1, 0.15) is 24.3 Å². The van der Waals surface area contributed by atoms with Crippen LogP contribution in [0.5, 0.6) is 0 Å². The molecule has 0 N–H and O–H groups in total. The van der Waals surface area contributed by atoms with Gasteiger partial charge in [-0.1, -0.05) is 36.4 Å². The van der Waals surface area contributed by atoms with E-state index in [4.69, 9.17) is 0 Å². The smallest absolute Gasteiger partial charge is 0.0388 e. The van der Waals surface area contributed by atoms with Gasteiger partial charge in [-0.15, -0.1) is 6.58 Å². The number of benzene rings is 1. The second kappa shape index (κ2) is 5.50. The van der Waals surface area contributed by atoms with Crippen LogP contribution in [0.2, 0.25) is 0 Å². The molecule has 0 bridgehead atoms. The summed E-state index contributed by atoms with van der Waals surface area (Å²) in [5, 5.41) is 6.65. The number of hydrogen-bond donors (Lipinski definition) is 0. The Morgan fingerprint density at radius 1 is 1.19 bits per heavy atom. The average Bonchev–Trinajstić information content (AvgIpc) is 2.84. The molecule has 1 saturated heterocycles. The van der Waals surface area contributed by atoms with Crippen molar-refractivity contribution in [3.05, 3.63) is 48.6 Å². The van der Waals surface area contributed by atoms with Crippen LogP contribution in [-0.2, 0) is 0 Å². The van der Waals surface area contributed by atoms with E-state index in [0.29, 0.717) is 0 Å². The summed E-state index contributed by atoms with van der Waals surface area (Å²) >= 11 is 0. The summed E-state index contributed by atoms with van der Waals surface area (Å²) < 4.78 is 0. The van der Waals surface area contributed by atoms with Crippen LogP contribution in [0.3, 0.4) is 0 Å². The lowest BCUT2D eigenvalue weighted by Gasteiger charge is -2.12. The van der Waals surface area contributed by atoms with Gasteiger partial charge in [0.15, 0.2) is 0 Å². The summed E-state index contributed by atoms with van der Waals surface area (Å²) in [6.45, 7) is 6.06. The number of rotatable bonds is 4. The fourth-order valence-electron chi connectivity index (χ4n) is 1.94. The highest BCUT2D eigenvalue weighted by Crippen LogP contribution is 2.15. The van der Waals surface area contributed by atoms with Gasteiger partial charge < -0.3 is 0 Å². The van der Waals surface area contributed by atoms with Crippen molar-refractivity contribution in [1.82, 2.24) is 5.01 Å². The van der Waals surface area contributed by atoms with E-state index in [1.807, 2.05) is 18.4 Å². The molecule has 0 radical (unpaired) electrons. The molecule has 2 nitrogen and oxygen atoms in total. The predicted octanol–water partition coefficient (Wildman–Crippen LogP) is 3.04. The van der Waals surface area contributed by atoms with E-state index in [2.05, 4.69) is 41.0 Å². The summed E-state index contributed by atoms with van der Waals surface area (Å²) in [4.78, 5) is 0. The first-order valence-corrected chi connectivity index (χ1v) is 5.86. The Morgan fingerprint density at radius 3 is 2.50 bits per heavy atom. The third kappa shape index (κ3) is 2.72. The Balaban J connectivity index is 2.02. The Morgan fingerprint density at radius 2 is 1.88 bits per heavy atom. The van der Waals surface area contributed by atoms with E-state index in [0.717, 1.165) is 13.1 Å². The van der Waals surface area contributed by atoms with Gasteiger partial charge in [-0.3, -0.25) is 5.01 Å². The van der Waals surface area contributed by atoms with Crippen molar-refractivity contribution in [1.29, 1.82) is 0 Å². The second-order valence-electron chi connectivity index (χ2n) is 4.10. The minimum atomic E-state index is 0.224. The molecule has 0 amide bonds. The maximum atomic E-state index is 4.51. The van der Waals surface area contributed by atoms with Crippen LogP contribution < -0.4 is 0 Å². The van der Waals surface area contributed by atoms with Gasteiger partial charge in [0, 0.05) is 25.2 Å². The van der Waals surface area contributed by atoms with Gasteiger partial charge in [0.05, 0.1) is 0 Å². The van der Waals surface area contributed by atoms with E-state index >= 15 is 0 Å². The minimum Gasteiger partial charge on any atom is -0.297 e. The van der Waals surface area contributed by atoms with Crippen molar-refractivity contribution in [2.75, 3.05) is 13.1 Å². The summed E-state index contributed by atoms with van der Waals surface area (Å²) in [5.41, 5.74) is 1.25. The standard InChI is InChI=1S/C14H18N2/c1-2-13(14-8-4-3-5-9-14)12-15-16-10-6-7-11-16/h2-5,8-9,12-13H,1,6-7,10-11H2/b15-12+/t13-/m0/s1. The molecular weight excluding hydrogens is 196 g/mol. The Labute approximate surface area is 97.3 Å². The fraction of sp³-hybridized carbons (Fsp3) is 0.357. The third-order valence-corrected chi connectivity index (χ3v) is 2.91. The number of allylic oxidation sites excluding steroid dienone is 1. The van der Waals surface area contributed by atoms with Gasteiger partial charge in [-0.2, -0.15) is 5.10 Å². The molecule has 1 atom stereocenters. The van der Waals surface area contributed by atoms with Crippen molar-refractivity contribution in [3.63, 3.8) is 0 Å². The quantitative estimate of drug-likeness (QED) is 0.555. The SMILES string of the molecule is C=C[C@@H](/C=N/N1CCCC1)c1ccccc1. The molecule has 1 aromatic rings. The van der Waals surface area contributed by atoms with Crippen molar-refractivity contribution >= 4 is 6.21 Å². The third-order valence-electron chi connectivity index (χ3n) is 2.91. The van der Waals surface area contributed by atoms with Gasteiger partial charge in [-0.05, 0) is 18.4 Å². The first-order chi connectivity index (χ1) is 7.90. The molecule has 84 valence electrons. The molecule has 1 heterocycles. The Kier molecular flexibility index (Phi) is 3.76. The second-order valence-corrected chi connectivity index (χ2v) is 4.10. The average molecular weight is 214 g/mol. The highest BCUT2D eigenvalue weighted by Gasteiger charge is 2.09. The Bertz CT molecular complexity index is 350. The largest absolute Gasteiger partial charge is 0.297 e. The fourth-order valence-corrected chi connectivity index (χ4v) is 1.94. The molecule has 0 saturated carbocycles. The number of hydrazone groups is 1. The first kappa shape index (κ1) is 10.9. The van der Waals surface area contributed by atoms with Crippen molar-refractivity contribution in [2.45, 2.75) is 18.8 Å². The maximum Gasteiger partial charge on any atom is 0.0388 e. The topological polar surface area (TPSA) is 15.6 Å². The molecule has 1 aromatic carbocycles. The molecule has 0 spiro atoms. The first-order valence-electron chi connectivity index (χ1n) is 5.86. The zero-order valence-electron chi connectivity index (χ0n) is 9.55. The summed E-state index contributed by atoms with van der Waals surface area (Å²) in [7, 11) is 0. The summed E-state index contributed by atoms with van der Waals surface area (Å²) in [5.74, 6) is 0.224. The van der Waals surface area contributed by atoms with Crippen molar-refractivity contribution < 1.29 is 0 Å². The number of hydrogen-bond acceptors (Lipinski definition) is 2. The molecule has 1 aliphatic heterocycles. The minimum absolute atomic E-state index is 0.224. The summed E-state index contributed by atoms with van der Waals surface area (Å²) in [6, 6.07) is 10.4. The van der Waals surface area contributed by atoms with E-state index in [1.165, 1.54) is 18.4 Å². The molecule has 0 aromatic heterocycles. The molecule has 0 aliphatic carbocycles. The normalized spacial score (nSPS) is 17.9. The van der Waals surface area contributed by atoms with E-state index in [-0.39, 0.29) is 5.92 Å². The lowest BCUT2D eigenvalue weighted by Crippen LogP contribution is -2.12. The van der Waals surface area contributed by atoms with Crippen molar-refractivity contribution in [2.24, 2.45) is 5.10 Å². The van der Waals surface area contributed by atoms with E-state index < -0.39 is 0 Å². The molecular formula is C14H18N2. The van der Waals surface area contributed by atoms with Crippen LogP contribution in [0, 0.1) is 0 Å². The molecule has 1 aliphatic rings. The van der Waals surface area contributed by atoms with E-state index in [1.54, 1.807) is 0 Å². The van der Waals surface area contributed by atoms with Gasteiger partial charge in [-0.25, -0.2) is 0 Å². The van der Waals surface area contributed by atoms with Gasteiger partial charge >= 0.3 is 0 Å². The molecule has 16 heavy (non-hydrogen) atoms. The molecule has 1 fully saturated rings. The predicted molar refractivity (Wildman–Crippen MR) is 68.7 cm³/mol. The van der Waals surface area contributed by atoms with Crippen LogP contribution in [-0.4, -0.2) is 24.3 Å². The molecule has 2 rings (SSSR count). The molecule has 0 unspecified atom stereocenters. The van der Waals surface area contributed by atoms with Crippen LogP contribution in [0.25, 0.3) is 0 Å². The van der Waals surface area contributed by atoms with E-state index in [9.17, 15) is 0 Å². The van der Waals surface area contributed by atoms with Gasteiger partial charge in [0.2, 0.25) is 0 Å². The van der Waals surface area contributed by atoms with Gasteiger partial charge in [0.25, 0.3) is 0 Å². The Hall–Kier alpha value is -1.57. The highest BCUT2D eigenvalue weighted by atomic mass is 15.5. The monoisotopic (exact) mass is 214 g/mol. The van der Waals surface area contributed by atoms with Crippen molar-refractivity contribution in [3.8, 4) is 0 Å². The molecule has 2 heteroatoms. The lowest BCUT2D eigenvalue weighted by molar-refractivity contribution is 0.361. The van der Waals surface area contributed by atoms with Crippen LogP contribution in [0.15, 0.2) is 48.1 Å².